The molecule has 0 aliphatic carbocycles. The Labute approximate surface area is 169 Å². The first-order chi connectivity index (χ1) is 14.3. The Hall–Kier alpha value is -3.47. The van der Waals surface area contributed by atoms with Crippen LogP contribution in [0.3, 0.4) is 0 Å². The maximum atomic E-state index is 13.9. The van der Waals surface area contributed by atoms with Crippen molar-refractivity contribution < 1.29 is 14.3 Å². The number of hydrogen-bond donors (Lipinski definition) is 0. The van der Waals surface area contributed by atoms with E-state index in [0.29, 0.717) is 17.9 Å². The molecule has 3 aromatic carbocycles. The van der Waals surface area contributed by atoms with Crippen molar-refractivity contribution in [3.8, 4) is 11.5 Å². The zero-order valence-corrected chi connectivity index (χ0v) is 16.0. The maximum absolute atomic E-state index is 13.9. The van der Waals surface area contributed by atoms with Gasteiger partial charge in [-0.1, -0.05) is 60.7 Å². The summed E-state index contributed by atoms with van der Waals surface area (Å²) in [5.74, 6) is 0.954. The van der Waals surface area contributed by atoms with Gasteiger partial charge in [0.15, 0.2) is 11.6 Å². The fourth-order valence-electron chi connectivity index (χ4n) is 4.44. The summed E-state index contributed by atoms with van der Waals surface area (Å²) in [6.45, 7) is 0.404. The van der Waals surface area contributed by atoms with E-state index in [0.717, 1.165) is 16.9 Å². The summed E-state index contributed by atoms with van der Waals surface area (Å²) < 4.78 is 12.0. The monoisotopic (exact) mass is 384 g/mol. The Morgan fingerprint density at radius 1 is 0.966 bits per heavy atom. The van der Waals surface area contributed by atoms with Crippen molar-refractivity contribution in [2.75, 3.05) is 13.7 Å². The molecule has 3 atom stereocenters. The van der Waals surface area contributed by atoms with Gasteiger partial charge in [-0.15, -0.1) is 0 Å². The molecule has 0 radical (unpaired) electrons. The second kappa shape index (κ2) is 6.85. The molecule has 1 spiro atoms. The van der Waals surface area contributed by atoms with Crippen LogP contribution in [0.15, 0.2) is 89.1 Å². The molecule has 5 nitrogen and oxygen atoms in total. The van der Waals surface area contributed by atoms with Gasteiger partial charge in [0, 0.05) is 11.5 Å². The summed E-state index contributed by atoms with van der Waals surface area (Å²) in [6, 6.07) is 24.9. The van der Waals surface area contributed by atoms with Crippen LogP contribution in [0.1, 0.15) is 33.5 Å². The van der Waals surface area contributed by atoms with E-state index in [4.69, 9.17) is 9.47 Å². The van der Waals surface area contributed by atoms with Gasteiger partial charge in [-0.2, -0.15) is 10.2 Å². The van der Waals surface area contributed by atoms with Crippen LogP contribution in [-0.4, -0.2) is 25.0 Å². The summed E-state index contributed by atoms with van der Waals surface area (Å²) in [5.41, 5.74) is 1.18. The first-order valence-corrected chi connectivity index (χ1v) is 9.62. The van der Waals surface area contributed by atoms with Crippen LogP contribution >= 0.6 is 0 Å². The quantitative estimate of drug-likeness (QED) is 0.638. The normalized spacial score (nSPS) is 24.9. The number of nitrogens with zero attached hydrogens (tertiary/aromatic N) is 2. The average molecular weight is 384 g/mol. The molecular formula is C24H20N2O3. The lowest BCUT2D eigenvalue weighted by molar-refractivity contribution is 0.0520. The molecule has 3 aromatic rings. The van der Waals surface area contributed by atoms with Gasteiger partial charge >= 0.3 is 0 Å². The topological polar surface area (TPSA) is 60.2 Å². The zero-order valence-electron chi connectivity index (χ0n) is 16.0. The molecule has 2 aliphatic heterocycles. The van der Waals surface area contributed by atoms with Gasteiger partial charge < -0.3 is 9.47 Å². The number of para-hydroxylation sites is 2. The summed E-state index contributed by atoms with van der Waals surface area (Å²) in [4.78, 5) is 13.9. The van der Waals surface area contributed by atoms with Gasteiger partial charge in [-0.05, 0) is 23.8 Å². The smallest absolute Gasteiger partial charge is 0.200 e. The second-order valence-corrected chi connectivity index (χ2v) is 7.28. The Balaban J connectivity index is 1.74. The van der Waals surface area contributed by atoms with E-state index < -0.39 is 11.6 Å². The average Bonchev–Trinajstić information content (AvgIpc) is 3.22. The Morgan fingerprint density at radius 3 is 2.52 bits per heavy atom. The highest BCUT2D eigenvalue weighted by Gasteiger charge is 2.60. The number of ether oxygens (including phenoxy) is 2. The summed E-state index contributed by atoms with van der Waals surface area (Å²) >= 11 is 0. The highest BCUT2D eigenvalue weighted by Crippen LogP contribution is 2.54. The number of benzene rings is 3. The number of methoxy groups -OCH3 is 1. The number of carbonyl (C=O) groups excluding carboxylic acids is 1. The van der Waals surface area contributed by atoms with Crippen LogP contribution in [0.5, 0.6) is 11.5 Å². The molecule has 0 bridgehead atoms. The van der Waals surface area contributed by atoms with Gasteiger partial charge in [0.25, 0.3) is 0 Å². The number of azo groups is 1. The molecule has 2 heterocycles. The van der Waals surface area contributed by atoms with Gasteiger partial charge in [0.2, 0.25) is 5.78 Å². The molecule has 0 unspecified atom stereocenters. The molecule has 0 aromatic heterocycles. The Morgan fingerprint density at radius 2 is 1.69 bits per heavy atom. The molecule has 144 valence electrons. The van der Waals surface area contributed by atoms with Crippen molar-refractivity contribution in [3.63, 3.8) is 0 Å². The van der Waals surface area contributed by atoms with Crippen LogP contribution in [0.2, 0.25) is 0 Å². The highest BCUT2D eigenvalue weighted by molar-refractivity contribution is 6.08. The van der Waals surface area contributed by atoms with Gasteiger partial charge in [-0.25, -0.2) is 0 Å². The van der Waals surface area contributed by atoms with Crippen molar-refractivity contribution in [1.29, 1.82) is 0 Å². The Kier molecular flexibility index (Phi) is 4.16. The van der Waals surface area contributed by atoms with Crippen LogP contribution < -0.4 is 9.47 Å². The Bertz CT molecular complexity index is 1100. The number of ketones is 1. The highest BCUT2D eigenvalue weighted by atomic mass is 16.5. The van der Waals surface area contributed by atoms with E-state index in [-0.39, 0.29) is 11.7 Å². The second-order valence-electron chi connectivity index (χ2n) is 7.28. The van der Waals surface area contributed by atoms with Crippen molar-refractivity contribution in [2.45, 2.75) is 17.6 Å². The van der Waals surface area contributed by atoms with Gasteiger partial charge in [0.1, 0.15) is 11.5 Å². The third kappa shape index (κ3) is 2.58. The van der Waals surface area contributed by atoms with Gasteiger partial charge in [-0.3, -0.25) is 4.79 Å². The summed E-state index contributed by atoms with van der Waals surface area (Å²) in [5, 5.41) is 8.95. The van der Waals surface area contributed by atoms with E-state index >= 15 is 0 Å². The van der Waals surface area contributed by atoms with Crippen molar-refractivity contribution in [2.24, 2.45) is 10.2 Å². The number of carbonyl (C=O) groups is 1. The summed E-state index contributed by atoms with van der Waals surface area (Å²) in [7, 11) is 1.64. The largest absolute Gasteiger partial charge is 0.496 e. The van der Waals surface area contributed by atoms with Crippen LogP contribution in [-0.2, 0) is 0 Å². The van der Waals surface area contributed by atoms with E-state index in [2.05, 4.69) is 10.2 Å². The lowest BCUT2D eigenvalue weighted by Crippen LogP contribution is -2.51. The standard InChI is InChI=1S/C24H20N2O3/c1-28-20-13-7-5-11-17(20)19-15-25-26-24(19)22(27)18-12-6-8-14-21(18)29-23(24)16-9-3-2-4-10-16/h2-14,19,23H,15H2,1H3/t19-,23+,24-/m1/s1. The number of hydrogen-bond acceptors (Lipinski definition) is 5. The van der Waals surface area contributed by atoms with E-state index in [1.807, 2.05) is 72.8 Å². The van der Waals surface area contributed by atoms with E-state index in [1.54, 1.807) is 13.2 Å². The molecule has 29 heavy (non-hydrogen) atoms. The summed E-state index contributed by atoms with van der Waals surface area (Å²) in [6.07, 6.45) is -0.577. The van der Waals surface area contributed by atoms with Gasteiger partial charge in [0.05, 0.1) is 19.2 Å². The van der Waals surface area contributed by atoms with Crippen LogP contribution in [0.25, 0.3) is 0 Å². The first kappa shape index (κ1) is 17.6. The minimum atomic E-state index is -1.18. The molecule has 0 amide bonds. The molecule has 0 saturated carbocycles. The molecule has 2 aliphatic rings. The van der Waals surface area contributed by atoms with Crippen LogP contribution in [0, 0.1) is 0 Å². The van der Waals surface area contributed by atoms with Crippen molar-refractivity contribution in [1.82, 2.24) is 0 Å². The van der Waals surface area contributed by atoms with Crippen LogP contribution in [0.4, 0.5) is 0 Å². The number of fused-ring (bicyclic) bond motifs is 1. The maximum Gasteiger partial charge on any atom is 0.200 e. The minimum absolute atomic E-state index is 0.0645. The lowest BCUT2D eigenvalue weighted by atomic mass is 9.69. The third-order valence-electron chi connectivity index (χ3n) is 5.79. The molecule has 0 fully saturated rings. The fraction of sp³-hybridized carbons (Fsp3) is 0.208. The number of rotatable bonds is 3. The van der Waals surface area contributed by atoms with E-state index in [1.165, 1.54) is 0 Å². The molecule has 5 heteroatoms. The SMILES string of the molecule is COc1ccccc1[C@H]1CN=N[C@@]12C(=O)c1ccccc1O[C@H]2c1ccccc1. The molecule has 0 N–H and O–H groups in total. The van der Waals surface area contributed by atoms with Crippen molar-refractivity contribution >= 4 is 5.78 Å². The minimum Gasteiger partial charge on any atom is -0.496 e. The first-order valence-electron chi connectivity index (χ1n) is 9.62. The molecular weight excluding hydrogens is 364 g/mol. The zero-order chi connectivity index (χ0) is 19.8. The molecule has 0 saturated heterocycles. The van der Waals surface area contributed by atoms with E-state index in [9.17, 15) is 4.79 Å². The third-order valence-corrected chi connectivity index (χ3v) is 5.79. The predicted octanol–water partition coefficient (Wildman–Crippen LogP) is 5.00. The number of Topliss-reactive ketones (excluding diaryl/α,β-unsaturated/α-hetero) is 1. The predicted molar refractivity (Wildman–Crippen MR) is 109 cm³/mol. The molecule has 5 rings (SSSR count). The van der Waals surface area contributed by atoms with Crippen molar-refractivity contribution in [3.05, 3.63) is 95.6 Å². The fourth-order valence-corrected chi connectivity index (χ4v) is 4.44. The lowest BCUT2D eigenvalue weighted by Gasteiger charge is -2.41.